The quantitative estimate of drug-likeness (QED) is 0.260. The van der Waals surface area contributed by atoms with Crippen molar-refractivity contribution in [3.63, 3.8) is 0 Å². The molecule has 1 aromatic heterocycles. The number of hydrogen-bond acceptors (Lipinski definition) is 2. The molecule has 1 aromatic rings. The van der Waals surface area contributed by atoms with Crippen LogP contribution in [0.4, 0.5) is 0 Å². The zero-order chi connectivity index (χ0) is 18.7. The Bertz CT molecular complexity index is 416. The maximum atomic E-state index is 11.8. The Morgan fingerprint density at radius 3 is 1.65 bits per heavy atom. The molecular weight excluding hydrogens is 338 g/mol. The zero-order valence-corrected chi connectivity index (χ0v) is 17.9. The predicted octanol–water partition coefficient (Wildman–Crippen LogP) is 7.74. The topological polar surface area (TPSA) is 29.1 Å². The average molecular weight is 380 g/mol. The SMILES string of the molecule is CCCCCCCCCCCCCCCCCCNC(=O)c1ccsc1. The van der Waals surface area contributed by atoms with E-state index in [1.54, 1.807) is 11.3 Å². The minimum absolute atomic E-state index is 0.0761. The van der Waals surface area contributed by atoms with Gasteiger partial charge >= 0.3 is 0 Å². The van der Waals surface area contributed by atoms with Gasteiger partial charge in [-0.2, -0.15) is 11.3 Å². The van der Waals surface area contributed by atoms with Crippen molar-refractivity contribution < 1.29 is 4.79 Å². The van der Waals surface area contributed by atoms with Crippen LogP contribution in [0.5, 0.6) is 0 Å². The highest BCUT2D eigenvalue weighted by atomic mass is 32.1. The molecular formula is C23H41NOS. The van der Waals surface area contributed by atoms with Crippen molar-refractivity contribution in [2.75, 3.05) is 6.54 Å². The smallest absolute Gasteiger partial charge is 0.252 e. The molecule has 0 aliphatic heterocycles. The Balaban J connectivity index is 1.71. The number of unbranched alkanes of at least 4 members (excludes halogenated alkanes) is 15. The molecule has 0 fully saturated rings. The second-order valence-corrected chi connectivity index (χ2v) is 8.35. The van der Waals surface area contributed by atoms with Gasteiger partial charge in [-0.3, -0.25) is 4.79 Å². The van der Waals surface area contributed by atoms with Crippen molar-refractivity contribution >= 4 is 17.2 Å². The first-order valence-corrected chi connectivity index (χ1v) is 12.1. The van der Waals surface area contributed by atoms with Gasteiger partial charge in [0.2, 0.25) is 0 Å². The molecule has 26 heavy (non-hydrogen) atoms. The first-order valence-electron chi connectivity index (χ1n) is 11.1. The van der Waals surface area contributed by atoms with Crippen LogP contribution in [0.25, 0.3) is 0 Å². The zero-order valence-electron chi connectivity index (χ0n) is 17.1. The Hall–Kier alpha value is -0.830. The number of hydrogen-bond donors (Lipinski definition) is 1. The maximum Gasteiger partial charge on any atom is 0.252 e. The highest BCUT2D eigenvalue weighted by Gasteiger charge is 2.03. The van der Waals surface area contributed by atoms with Crippen LogP contribution in [0.2, 0.25) is 0 Å². The standard InChI is InChI=1S/C23H41NOS/c1-2-3-4-5-6-7-8-9-10-11-12-13-14-15-16-17-19-24-23(25)22-18-20-26-21-22/h18,20-21H,2-17,19H2,1H3,(H,24,25). The van der Waals surface area contributed by atoms with E-state index in [0.717, 1.165) is 18.5 Å². The molecule has 0 saturated heterocycles. The summed E-state index contributed by atoms with van der Waals surface area (Å²) in [7, 11) is 0. The van der Waals surface area contributed by atoms with Gasteiger partial charge in [-0.25, -0.2) is 0 Å². The number of carbonyl (C=O) groups excluding carboxylic acids is 1. The van der Waals surface area contributed by atoms with Crippen LogP contribution in [-0.4, -0.2) is 12.5 Å². The summed E-state index contributed by atoms with van der Waals surface area (Å²) in [6.07, 6.45) is 22.1. The van der Waals surface area contributed by atoms with E-state index >= 15 is 0 Å². The summed E-state index contributed by atoms with van der Waals surface area (Å²) in [5, 5.41) is 6.86. The van der Waals surface area contributed by atoms with Crippen molar-refractivity contribution in [1.82, 2.24) is 5.32 Å². The molecule has 0 saturated carbocycles. The van der Waals surface area contributed by atoms with Gasteiger partial charge < -0.3 is 5.32 Å². The molecule has 0 aliphatic rings. The molecule has 0 unspecified atom stereocenters. The maximum absolute atomic E-state index is 11.8. The summed E-state index contributed by atoms with van der Waals surface area (Å²) in [5.74, 6) is 0.0761. The summed E-state index contributed by atoms with van der Waals surface area (Å²) in [6.45, 7) is 3.10. The number of amides is 1. The summed E-state index contributed by atoms with van der Waals surface area (Å²) >= 11 is 1.57. The van der Waals surface area contributed by atoms with Crippen LogP contribution >= 0.6 is 11.3 Å². The van der Waals surface area contributed by atoms with Gasteiger partial charge in [0, 0.05) is 17.5 Å². The van der Waals surface area contributed by atoms with Gasteiger partial charge in [-0.05, 0) is 17.9 Å². The third kappa shape index (κ3) is 13.4. The van der Waals surface area contributed by atoms with Crippen LogP contribution < -0.4 is 5.32 Å². The van der Waals surface area contributed by atoms with Gasteiger partial charge in [-0.15, -0.1) is 0 Å². The van der Waals surface area contributed by atoms with Crippen molar-refractivity contribution in [1.29, 1.82) is 0 Å². The highest BCUT2D eigenvalue weighted by Crippen LogP contribution is 2.13. The lowest BCUT2D eigenvalue weighted by molar-refractivity contribution is 0.0953. The lowest BCUT2D eigenvalue weighted by Gasteiger charge is -2.05. The Labute approximate surface area is 166 Å². The second kappa shape index (κ2) is 17.6. The Kier molecular flexibility index (Phi) is 15.7. The number of thiophene rings is 1. The fourth-order valence-electron chi connectivity index (χ4n) is 3.37. The molecule has 0 spiro atoms. The van der Waals surface area contributed by atoms with Gasteiger partial charge in [0.1, 0.15) is 0 Å². The monoisotopic (exact) mass is 379 g/mol. The van der Waals surface area contributed by atoms with Gasteiger partial charge in [0.05, 0.1) is 0 Å². The molecule has 1 amide bonds. The summed E-state index contributed by atoms with van der Waals surface area (Å²) in [4.78, 5) is 11.8. The van der Waals surface area contributed by atoms with Gasteiger partial charge in [0.15, 0.2) is 0 Å². The highest BCUT2D eigenvalue weighted by molar-refractivity contribution is 7.08. The summed E-state index contributed by atoms with van der Waals surface area (Å²) in [5.41, 5.74) is 0.798. The normalized spacial score (nSPS) is 11.0. The van der Waals surface area contributed by atoms with Crippen LogP contribution in [0.15, 0.2) is 16.8 Å². The lowest BCUT2D eigenvalue weighted by atomic mass is 10.0. The van der Waals surface area contributed by atoms with Crippen molar-refractivity contribution in [3.8, 4) is 0 Å². The van der Waals surface area contributed by atoms with E-state index in [1.165, 1.54) is 96.3 Å². The van der Waals surface area contributed by atoms with Crippen LogP contribution in [0.1, 0.15) is 120 Å². The average Bonchev–Trinajstić information content (AvgIpc) is 3.19. The molecule has 0 bridgehead atoms. The summed E-state index contributed by atoms with van der Waals surface area (Å²) in [6, 6.07) is 1.88. The lowest BCUT2D eigenvalue weighted by Crippen LogP contribution is -2.23. The van der Waals surface area contributed by atoms with Crippen molar-refractivity contribution in [3.05, 3.63) is 22.4 Å². The van der Waals surface area contributed by atoms with E-state index in [9.17, 15) is 4.79 Å². The van der Waals surface area contributed by atoms with Crippen LogP contribution in [0.3, 0.4) is 0 Å². The van der Waals surface area contributed by atoms with Crippen LogP contribution in [0, 0.1) is 0 Å². The molecule has 1 rings (SSSR count). The third-order valence-electron chi connectivity index (χ3n) is 5.10. The Morgan fingerprint density at radius 2 is 1.23 bits per heavy atom. The summed E-state index contributed by atoms with van der Waals surface area (Å²) < 4.78 is 0. The molecule has 3 heteroatoms. The molecule has 1 N–H and O–H groups in total. The van der Waals surface area contributed by atoms with E-state index in [1.807, 2.05) is 16.8 Å². The van der Waals surface area contributed by atoms with E-state index in [-0.39, 0.29) is 5.91 Å². The third-order valence-corrected chi connectivity index (χ3v) is 5.78. The van der Waals surface area contributed by atoms with Crippen molar-refractivity contribution in [2.45, 2.75) is 110 Å². The first-order chi connectivity index (χ1) is 12.8. The predicted molar refractivity (Wildman–Crippen MR) is 116 cm³/mol. The molecule has 150 valence electrons. The molecule has 1 heterocycles. The number of carbonyl (C=O) groups is 1. The van der Waals surface area contributed by atoms with Crippen molar-refractivity contribution in [2.24, 2.45) is 0 Å². The molecule has 0 aromatic carbocycles. The Morgan fingerprint density at radius 1 is 0.769 bits per heavy atom. The van der Waals surface area contributed by atoms with Gasteiger partial charge in [0.25, 0.3) is 5.91 Å². The molecule has 0 radical (unpaired) electrons. The second-order valence-electron chi connectivity index (χ2n) is 7.57. The molecule has 2 nitrogen and oxygen atoms in total. The van der Waals surface area contributed by atoms with Crippen LogP contribution in [-0.2, 0) is 0 Å². The molecule has 0 atom stereocenters. The van der Waals surface area contributed by atoms with E-state index in [4.69, 9.17) is 0 Å². The van der Waals surface area contributed by atoms with E-state index in [2.05, 4.69) is 12.2 Å². The minimum Gasteiger partial charge on any atom is -0.352 e. The van der Waals surface area contributed by atoms with Gasteiger partial charge in [-0.1, -0.05) is 103 Å². The largest absolute Gasteiger partial charge is 0.352 e. The fraction of sp³-hybridized carbons (Fsp3) is 0.783. The number of rotatable bonds is 18. The first kappa shape index (κ1) is 23.2. The number of nitrogens with one attached hydrogen (secondary N) is 1. The van der Waals surface area contributed by atoms with E-state index < -0.39 is 0 Å². The minimum atomic E-state index is 0.0761. The fourth-order valence-corrected chi connectivity index (χ4v) is 4.01. The van der Waals surface area contributed by atoms with E-state index in [0.29, 0.717) is 0 Å². The molecule has 0 aliphatic carbocycles.